The Kier molecular flexibility index (Phi) is 6.61. The van der Waals surface area contributed by atoms with Crippen LogP contribution in [0.25, 0.3) is 0 Å². The Morgan fingerprint density at radius 2 is 1.95 bits per heavy atom. The summed E-state index contributed by atoms with van der Waals surface area (Å²) in [6, 6.07) is 9.45. The lowest BCUT2D eigenvalue weighted by molar-refractivity contribution is 0.111. The third-order valence-corrected chi connectivity index (χ3v) is 4.15. The molecular weight excluding hydrogens is 279 g/mol. The van der Waals surface area contributed by atoms with E-state index in [4.69, 9.17) is 11.6 Å². The van der Waals surface area contributed by atoms with Crippen molar-refractivity contribution in [3.05, 3.63) is 34.9 Å². The van der Waals surface area contributed by atoms with E-state index in [-0.39, 0.29) is 12.4 Å². The molecule has 1 saturated heterocycles. The quantitative estimate of drug-likeness (QED) is 0.918. The zero-order valence-corrected chi connectivity index (χ0v) is 13.5. The van der Waals surface area contributed by atoms with Crippen molar-refractivity contribution in [1.82, 2.24) is 10.2 Å². The third-order valence-electron chi connectivity index (χ3n) is 3.91. The monoisotopic (exact) mass is 302 g/mol. The van der Waals surface area contributed by atoms with Crippen LogP contribution in [0.1, 0.15) is 32.3 Å². The van der Waals surface area contributed by atoms with Gasteiger partial charge in [-0.2, -0.15) is 0 Å². The molecule has 0 aliphatic carbocycles. The molecule has 2 nitrogen and oxygen atoms in total. The van der Waals surface area contributed by atoms with Crippen molar-refractivity contribution in [2.24, 2.45) is 0 Å². The SMILES string of the molecule is CC(CN1[C@H](C)CNC[C@@H]1C)c1cccc(Cl)c1.Cl. The molecule has 1 aromatic carbocycles. The number of piperazine rings is 1. The molecule has 1 aromatic rings. The predicted octanol–water partition coefficient (Wildman–Crippen LogP) is 3.55. The molecule has 0 spiro atoms. The van der Waals surface area contributed by atoms with Crippen LogP contribution in [0.15, 0.2) is 24.3 Å². The molecule has 1 unspecified atom stereocenters. The Balaban J connectivity index is 0.00000180. The van der Waals surface area contributed by atoms with Gasteiger partial charge in [0.2, 0.25) is 0 Å². The Labute approximate surface area is 127 Å². The van der Waals surface area contributed by atoms with Gasteiger partial charge in [0.25, 0.3) is 0 Å². The van der Waals surface area contributed by atoms with Crippen LogP contribution in [-0.2, 0) is 0 Å². The average Bonchev–Trinajstić information content (AvgIpc) is 2.34. The molecule has 1 N–H and O–H groups in total. The summed E-state index contributed by atoms with van der Waals surface area (Å²) in [6.07, 6.45) is 0. The van der Waals surface area contributed by atoms with E-state index in [9.17, 15) is 0 Å². The number of hydrogen-bond donors (Lipinski definition) is 1. The van der Waals surface area contributed by atoms with Crippen LogP contribution in [0, 0.1) is 0 Å². The van der Waals surface area contributed by atoms with Crippen LogP contribution in [0.4, 0.5) is 0 Å². The van der Waals surface area contributed by atoms with Crippen molar-refractivity contribution in [1.29, 1.82) is 0 Å². The maximum absolute atomic E-state index is 6.07. The highest BCUT2D eigenvalue weighted by Crippen LogP contribution is 2.22. The van der Waals surface area contributed by atoms with Crippen LogP contribution in [0.5, 0.6) is 0 Å². The average molecular weight is 303 g/mol. The minimum atomic E-state index is 0. The molecule has 108 valence electrons. The number of benzene rings is 1. The molecule has 0 amide bonds. The van der Waals surface area contributed by atoms with Crippen LogP contribution >= 0.6 is 24.0 Å². The van der Waals surface area contributed by atoms with Crippen molar-refractivity contribution in [3.63, 3.8) is 0 Å². The molecule has 19 heavy (non-hydrogen) atoms. The van der Waals surface area contributed by atoms with E-state index in [0.717, 1.165) is 24.7 Å². The van der Waals surface area contributed by atoms with E-state index in [1.165, 1.54) is 5.56 Å². The third kappa shape index (κ3) is 4.35. The Morgan fingerprint density at radius 1 is 1.32 bits per heavy atom. The molecule has 1 aliphatic rings. The largest absolute Gasteiger partial charge is 0.314 e. The lowest BCUT2D eigenvalue weighted by Gasteiger charge is -2.40. The van der Waals surface area contributed by atoms with E-state index >= 15 is 0 Å². The molecule has 0 radical (unpaired) electrons. The lowest BCUT2D eigenvalue weighted by Crippen LogP contribution is -2.55. The van der Waals surface area contributed by atoms with Gasteiger partial charge in [-0.3, -0.25) is 4.90 Å². The van der Waals surface area contributed by atoms with Crippen molar-refractivity contribution < 1.29 is 0 Å². The number of hydrogen-bond acceptors (Lipinski definition) is 2. The second-order valence-corrected chi connectivity index (χ2v) is 5.95. The fraction of sp³-hybridized carbons (Fsp3) is 0.600. The summed E-state index contributed by atoms with van der Waals surface area (Å²) in [4.78, 5) is 2.60. The molecule has 1 fully saturated rings. The van der Waals surface area contributed by atoms with Gasteiger partial charge in [-0.25, -0.2) is 0 Å². The number of nitrogens with zero attached hydrogens (tertiary/aromatic N) is 1. The molecular formula is C15H24Cl2N2. The summed E-state index contributed by atoms with van der Waals surface area (Å²) in [5.41, 5.74) is 1.33. The predicted molar refractivity (Wildman–Crippen MR) is 85.6 cm³/mol. The first-order chi connectivity index (χ1) is 8.58. The molecule has 1 aliphatic heterocycles. The van der Waals surface area contributed by atoms with Gasteiger partial charge in [-0.15, -0.1) is 12.4 Å². The maximum atomic E-state index is 6.07. The van der Waals surface area contributed by atoms with Gasteiger partial charge < -0.3 is 5.32 Å². The highest BCUT2D eigenvalue weighted by molar-refractivity contribution is 6.30. The summed E-state index contributed by atoms with van der Waals surface area (Å²) in [5.74, 6) is 0.520. The molecule has 0 saturated carbocycles. The second-order valence-electron chi connectivity index (χ2n) is 5.51. The highest BCUT2D eigenvalue weighted by Gasteiger charge is 2.25. The maximum Gasteiger partial charge on any atom is 0.0408 e. The van der Waals surface area contributed by atoms with Gasteiger partial charge in [-0.05, 0) is 37.5 Å². The first-order valence-corrected chi connectivity index (χ1v) is 7.17. The van der Waals surface area contributed by atoms with Gasteiger partial charge in [-0.1, -0.05) is 30.7 Å². The van der Waals surface area contributed by atoms with Crippen molar-refractivity contribution in [2.45, 2.75) is 38.8 Å². The lowest BCUT2D eigenvalue weighted by atomic mass is 9.98. The Morgan fingerprint density at radius 3 is 2.53 bits per heavy atom. The van der Waals surface area contributed by atoms with Crippen molar-refractivity contribution in [2.75, 3.05) is 19.6 Å². The number of nitrogens with one attached hydrogen (secondary N) is 1. The van der Waals surface area contributed by atoms with E-state index in [0.29, 0.717) is 18.0 Å². The summed E-state index contributed by atoms with van der Waals surface area (Å²) in [5, 5.41) is 4.31. The van der Waals surface area contributed by atoms with Gasteiger partial charge in [0, 0.05) is 36.7 Å². The fourth-order valence-electron chi connectivity index (χ4n) is 2.76. The van der Waals surface area contributed by atoms with E-state index < -0.39 is 0 Å². The van der Waals surface area contributed by atoms with Crippen LogP contribution in [0.2, 0.25) is 5.02 Å². The Bertz CT molecular complexity index is 387. The van der Waals surface area contributed by atoms with Gasteiger partial charge >= 0.3 is 0 Å². The van der Waals surface area contributed by atoms with Crippen LogP contribution < -0.4 is 5.32 Å². The topological polar surface area (TPSA) is 15.3 Å². The second kappa shape index (κ2) is 7.49. The summed E-state index contributed by atoms with van der Waals surface area (Å²) in [7, 11) is 0. The zero-order chi connectivity index (χ0) is 13.1. The summed E-state index contributed by atoms with van der Waals surface area (Å²) < 4.78 is 0. The fourth-order valence-corrected chi connectivity index (χ4v) is 2.96. The highest BCUT2D eigenvalue weighted by atomic mass is 35.5. The molecule has 1 heterocycles. The number of rotatable bonds is 3. The van der Waals surface area contributed by atoms with E-state index in [1.807, 2.05) is 12.1 Å². The molecule has 0 aromatic heterocycles. The smallest absolute Gasteiger partial charge is 0.0408 e. The first-order valence-electron chi connectivity index (χ1n) is 6.80. The van der Waals surface area contributed by atoms with Crippen molar-refractivity contribution >= 4 is 24.0 Å². The molecule has 3 atom stereocenters. The van der Waals surface area contributed by atoms with Gasteiger partial charge in [0.1, 0.15) is 0 Å². The first kappa shape index (κ1) is 16.8. The minimum absolute atomic E-state index is 0. The number of halogens is 2. The standard InChI is InChI=1S/C15H23ClN2.ClH/c1-11(14-5-4-6-15(16)7-14)10-18-12(2)8-17-9-13(18)3;/h4-7,11-13,17H,8-10H2,1-3H3;1H/t11?,12-,13+;. The van der Waals surface area contributed by atoms with E-state index in [1.54, 1.807) is 0 Å². The van der Waals surface area contributed by atoms with Crippen molar-refractivity contribution in [3.8, 4) is 0 Å². The van der Waals surface area contributed by atoms with Gasteiger partial charge in [0.15, 0.2) is 0 Å². The summed E-state index contributed by atoms with van der Waals surface area (Å²) >= 11 is 6.07. The minimum Gasteiger partial charge on any atom is -0.314 e. The zero-order valence-electron chi connectivity index (χ0n) is 11.9. The van der Waals surface area contributed by atoms with Crippen LogP contribution in [-0.4, -0.2) is 36.6 Å². The Hall–Kier alpha value is -0.280. The van der Waals surface area contributed by atoms with Crippen LogP contribution in [0.3, 0.4) is 0 Å². The summed E-state index contributed by atoms with van der Waals surface area (Å²) in [6.45, 7) is 10.2. The van der Waals surface area contributed by atoms with Gasteiger partial charge in [0.05, 0.1) is 0 Å². The molecule has 2 rings (SSSR count). The normalized spacial score (nSPS) is 25.7. The van der Waals surface area contributed by atoms with E-state index in [2.05, 4.69) is 43.1 Å². The molecule has 0 bridgehead atoms. The molecule has 4 heteroatoms.